The van der Waals surface area contributed by atoms with E-state index in [4.69, 9.17) is 5.73 Å². The quantitative estimate of drug-likeness (QED) is 0.397. The lowest BCUT2D eigenvalue weighted by atomic mass is 10.1. The van der Waals surface area contributed by atoms with Gasteiger partial charge in [0.25, 0.3) is 0 Å². The monoisotopic (exact) mass is 173 g/mol. The molecule has 0 aliphatic rings. The fourth-order valence-electron chi connectivity index (χ4n) is 1.02. The van der Waals surface area contributed by atoms with Gasteiger partial charge in [-0.15, -0.1) is 0 Å². The second-order valence-corrected chi connectivity index (χ2v) is 2.75. The fraction of sp³-hybridized carbons (Fsp3) is 0.182. The Hall–Kier alpha value is -1.75. The van der Waals surface area contributed by atoms with E-state index in [-0.39, 0.29) is 6.42 Å². The van der Waals surface area contributed by atoms with Crippen LogP contribution >= 0.6 is 0 Å². The highest BCUT2D eigenvalue weighted by atomic mass is 16.1. The summed E-state index contributed by atoms with van der Waals surface area (Å²) in [4.78, 5) is 10.0. The number of anilines is 1. The van der Waals surface area contributed by atoms with Gasteiger partial charge in [-0.3, -0.25) is 0 Å². The zero-order chi connectivity index (χ0) is 9.68. The van der Waals surface area contributed by atoms with E-state index in [1.54, 1.807) is 6.07 Å². The van der Waals surface area contributed by atoms with Crippen molar-refractivity contribution in [2.45, 2.75) is 13.3 Å². The number of carbonyl (C=O) groups excluding carboxylic acids is 1. The van der Waals surface area contributed by atoms with Crippen molar-refractivity contribution in [3.8, 4) is 11.8 Å². The van der Waals surface area contributed by atoms with Crippen molar-refractivity contribution in [3.63, 3.8) is 0 Å². The summed E-state index contributed by atoms with van der Waals surface area (Å²) in [7, 11) is 0. The molecule has 1 rings (SSSR count). The van der Waals surface area contributed by atoms with Crippen LogP contribution in [0.2, 0.25) is 0 Å². The molecule has 0 saturated heterocycles. The third-order valence-electron chi connectivity index (χ3n) is 1.66. The molecule has 0 aliphatic carbocycles. The first-order chi connectivity index (χ1) is 6.24. The van der Waals surface area contributed by atoms with Crippen molar-refractivity contribution in [1.29, 1.82) is 0 Å². The van der Waals surface area contributed by atoms with Crippen LogP contribution in [0.5, 0.6) is 0 Å². The first-order valence-electron chi connectivity index (χ1n) is 4.02. The molecule has 2 heteroatoms. The van der Waals surface area contributed by atoms with Crippen LogP contribution in [0.3, 0.4) is 0 Å². The van der Waals surface area contributed by atoms with Crippen LogP contribution in [0.25, 0.3) is 0 Å². The molecule has 0 bridgehead atoms. The van der Waals surface area contributed by atoms with Crippen molar-refractivity contribution in [2.24, 2.45) is 0 Å². The van der Waals surface area contributed by atoms with Crippen molar-refractivity contribution in [1.82, 2.24) is 0 Å². The lowest BCUT2D eigenvalue weighted by molar-refractivity contribution is -0.107. The Labute approximate surface area is 77.8 Å². The predicted molar refractivity (Wildman–Crippen MR) is 53.2 cm³/mol. The van der Waals surface area contributed by atoms with Crippen molar-refractivity contribution >= 4 is 12.0 Å². The summed E-state index contributed by atoms with van der Waals surface area (Å²) in [6, 6.07) is 5.53. The van der Waals surface area contributed by atoms with Crippen LogP contribution in [0.1, 0.15) is 17.5 Å². The van der Waals surface area contributed by atoms with Gasteiger partial charge in [0.1, 0.15) is 6.29 Å². The van der Waals surface area contributed by atoms with Crippen LogP contribution in [0.15, 0.2) is 18.2 Å². The van der Waals surface area contributed by atoms with E-state index in [9.17, 15) is 4.79 Å². The summed E-state index contributed by atoms with van der Waals surface area (Å²) in [5.74, 6) is 5.66. The van der Waals surface area contributed by atoms with Gasteiger partial charge in [0.15, 0.2) is 0 Å². The third-order valence-corrected chi connectivity index (χ3v) is 1.66. The maximum absolute atomic E-state index is 10.0. The Morgan fingerprint density at radius 2 is 2.31 bits per heavy atom. The van der Waals surface area contributed by atoms with E-state index in [1.807, 2.05) is 19.1 Å². The Bertz CT molecular complexity index is 371. The molecule has 13 heavy (non-hydrogen) atoms. The van der Waals surface area contributed by atoms with Crippen LogP contribution in [0, 0.1) is 18.8 Å². The van der Waals surface area contributed by atoms with E-state index in [2.05, 4.69) is 11.8 Å². The summed E-state index contributed by atoms with van der Waals surface area (Å²) >= 11 is 0. The average molecular weight is 173 g/mol. The summed E-state index contributed by atoms with van der Waals surface area (Å²) in [6.07, 6.45) is 1.07. The van der Waals surface area contributed by atoms with Crippen molar-refractivity contribution < 1.29 is 4.79 Å². The Morgan fingerprint density at radius 1 is 1.54 bits per heavy atom. The number of carbonyl (C=O) groups is 1. The molecule has 0 aromatic heterocycles. The summed E-state index contributed by atoms with van der Waals surface area (Å²) in [5, 5.41) is 0. The molecule has 66 valence electrons. The molecule has 0 heterocycles. The molecule has 0 aliphatic heterocycles. The minimum absolute atomic E-state index is 0.282. The van der Waals surface area contributed by atoms with Gasteiger partial charge in [-0.25, -0.2) is 0 Å². The molecule has 2 nitrogen and oxygen atoms in total. The molecule has 0 saturated carbocycles. The van der Waals surface area contributed by atoms with Gasteiger partial charge in [-0.1, -0.05) is 11.8 Å². The molecular weight excluding hydrogens is 162 g/mol. The first kappa shape index (κ1) is 9.34. The van der Waals surface area contributed by atoms with Crippen molar-refractivity contribution in [3.05, 3.63) is 29.3 Å². The molecule has 1 aromatic carbocycles. The van der Waals surface area contributed by atoms with E-state index >= 15 is 0 Å². The number of hydrogen-bond donors (Lipinski definition) is 1. The normalized spacial score (nSPS) is 8.69. The molecule has 0 amide bonds. The molecule has 2 N–H and O–H groups in total. The second kappa shape index (κ2) is 4.32. The maximum atomic E-state index is 10.0. The molecule has 0 radical (unpaired) electrons. The molecule has 0 atom stereocenters. The SMILES string of the molecule is Cc1cc(N)ccc1C#CCC=O. The topological polar surface area (TPSA) is 43.1 Å². The Morgan fingerprint density at radius 3 is 2.92 bits per heavy atom. The highest BCUT2D eigenvalue weighted by Gasteiger charge is 1.93. The highest BCUT2D eigenvalue weighted by Crippen LogP contribution is 2.10. The Kier molecular flexibility index (Phi) is 3.10. The smallest absolute Gasteiger partial charge is 0.131 e. The molecule has 0 unspecified atom stereocenters. The lowest BCUT2D eigenvalue weighted by Gasteiger charge is -1.98. The number of aldehydes is 1. The van der Waals surface area contributed by atoms with E-state index in [0.717, 1.165) is 23.1 Å². The first-order valence-corrected chi connectivity index (χ1v) is 4.02. The summed E-state index contributed by atoms with van der Waals surface area (Å²) < 4.78 is 0. The van der Waals surface area contributed by atoms with Gasteiger partial charge in [0, 0.05) is 11.3 Å². The fourth-order valence-corrected chi connectivity index (χ4v) is 1.02. The van der Waals surface area contributed by atoms with Crippen LogP contribution < -0.4 is 5.73 Å². The lowest BCUT2D eigenvalue weighted by Crippen LogP contribution is -1.88. The minimum Gasteiger partial charge on any atom is -0.399 e. The number of benzene rings is 1. The number of rotatable bonds is 1. The predicted octanol–water partition coefficient (Wildman–Crippen LogP) is 1.52. The van der Waals surface area contributed by atoms with Gasteiger partial charge in [-0.05, 0) is 30.7 Å². The minimum atomic E-state index is 0.282. The van der Waals surface area contributed by atoms with Gasteiger partial charge < -0.3 is 10.5 Å². The van der Waals surface area contributed by atoms with Crippen LogP contribution in [-0.4, -0.2) is 6.29 Å². The summed E-state index contributed by atoms with van der Waals surface area (Å²) in [6.45, 7) is 1.95. The zero-order valence-electron chi connectivity index (χ0n) is 7.50. The van der Waals surface area contributed by atoms with Crippen LogP contribution in [0.4, 0.5) is 5.69 Å². The number of nitrogens with two attached hydrogens (primary N) is 1. The largest absolute Gasteiger partial charge is 0.399 e. The molecule has 0 fully saturated rings. The van der Waals surface area contributed by atoms with Crippen molar-refractivity contribution in [2.75, 3.05) is 5.73 Å². The second-order valence-electron chi connectivity index (χ2n) is 2.75. The number of hydrogen-bond acceptors (Lipinski definition) is 2. The van der Waals surface area contributed by atoms with Gasteiger partial charge in [-0.2, -0.15) is 0 Å². The Balaban J connectivity index is 2.91. The zero-order valence-corrected chi connectivity index (χ0v) is 7.50. The molecular formula is C11H11NO. The molecule has 0 spiro atoms. The maximum Gasteiger partial charge on any atom is 0.131 e. The number of nitrogen functional groups attached to an aromatic ring is 1. The average Bonchev–Trinajstić information content (AvgIpc) is 2.09. The van der Waals surface area contributed by atoms with Crippen LogP contribution in [-0.2, 0) is 4.79 Å². The highest BCUT2D eigenvalue weighted by molar-refractivity contribution is 5.56. The third kappa shape index (κ3) is 2.64. The van der Waals surface area contributed by atoms with E-state index < -0.39 is 0 Å². The van der Waals surface area contributed by atoms with E-state index in [0.29, 0.717) is 0 Å². The number of aryl methyl sites for hydroxylation is 1. The van der Waals surface area contributed by atoms with Gasteiger partial charge >= 0.3 is 0 Å². The standard InChI is InChI=1S/C11H11NO/c1-9-8-11(12)6-5-10(9)4-2-3-7-13/h5-8H,3,12H2,1H3. The summed E-state index contributed by atoms with van der Waals surface area (Å²) in [5.41, 5.74) is 8.28. The van der Waals surface area contributed by atoms with Gasteiger partial charge in [0.05, 0.1) is 6.42 Å². The molecule has 1 aromatic rings. The van der Waals surface area contributed by atoms with Gasteiger partial charge in [0.2, 0.25) is 0 Å². The van der Waals surface area contributed by atoms with E-state index in [1.165, 1.54) is 0 Å².